The van der Waals surface area contributed by atoms with Crippen LogP contribution in [0.15, 0.2) is 87.7 Å². The number of rotatable bonds is 25. The fourth-order valence-electron chi connectivity index (χ4n) is 4.76. The number of carbonyl (C=O) groups excluding carboxylic acids is 3. The van der Waals surface area contributed by atoms with Gasteiger partial charge < -0.3 is 47.1 Å². The number of aliphatic imine (C=N–C) groups is 2. The number of nitro benzene ring substituents is 1. The number of amides is 3. The fraction of sp³-hybridized carbons (Fsp3) is 0.366. The Morgan fingerprint density at radius 2 is 1.67 bits per heavy atom. The molecule has 3 amide bonds. The molecular weight excluding hydrogens is 807 g/mol. The Balaban J connectivity index is 2.26. The highest BCUT2D eigenvalue weighted by molar-refractivity contribution is 7.80. The number of carbonyl (C=O) groups is 3. The third-order valence-corrected chi connectivity index (χ3v) is 7.79. The molecular formula is C41H57N11O8S. The molecule has 0 aliphatic carbocycles. The Morgan fingerprint density at radius 3 is 2.30 bits per heavy atom. The lowest BCUT2D eigenvalue weighted by Gasteiger charge is -2.19. The fourth-order valence-corrected chi connectivity index (χ4v) is 4.89. The van der Waals surface area contributed by atoms with E-state index in [1.165, 1.54) is 25.5 Å². The van der Waals surface area contributed by atoms with Gasteiger partial charge in [0.25, 0.3) is 11.6 Å². The van der Waals surface area contributed by atoms with E-state index in [2.05, 4.69) is 54.4 Å². The first-order valence-corrected chi connectivity index (χ1v) is 19.8. The Kier molecular flexibility index (Phi) is 22.3. The second kappa shape index (κ2) is 27.0. The van der Waals surface area contributed by atoms with Crippen LogP contribution in [0.2, 0.25) is 0 Å². The number of nitrogens with one attached hydrogen (secondary N) is 5. The smallest absolute Gasteiger partial charge is 0.412 e. The first-order chi connectivity index (χ1) is 29.1. The van der Waals surface area contributed by atoms with Crippen molar-refractivity contribution in [3.05, 3.63) is 93.9 Å². The summed E-state index contributed by atoms with van der Waals surface area (Å²) in [7, 11) is 1.41. The van der Waals surface area contributed by atoms with Crippen molar-refractivity contribution in [3.63, 3.8) is 0 Å². The maximum Gasteiger partial charge on any atom is 0.412 e. The molecule has 0 saturated heterocycles. The van der Waals surface area contributed by atoms with Gasteiger partial charge in [-0.25, -0.2) is 4.79 Å². The van der Waals surface area contributed by atoms with Crippen LogP contribution >= 0.6 is 12.6 Å². The lowest BCUT2D eigenvalue weighted by Crippen LogP contribution is -2.32. The highest BCUT2D eigenvalue weighted by atomic mass is 32.1. The second-order valence-electron chi connectivity index (χ2n) is 13.5. The molecule has 0 aliphatic rings. The molecule has 61 heavy (non-hydrogen) atoms. The van der Waals surface area contributed by atoms with E-state index >= 15 is 0 Å². The largest absolute Gasteiger partial charge is 0.491 e. The van der Waals surface area contributed by atoms with Gasteiger partial charge in [-0.1, -0.05) is 18.2 Å². The number of anilines is 2. The summed E-state index contributed by atoms with van der Waals surface area (Å²) in [6.07, 6.45) is 14.4. The highest BCUT2D eigenvalue weighted by Gasteiger charge is 2.23. The number of benzene rings is 2. The maximum absolute atomic E-state index is 12.5. The summed E-state index contributed by atoms with van der Waals surface area (Å²) in [5.74, 6) is -0.157. The van der Waals surface area contributed by atoms with E-state index in [4.69, 9.17) is 25.7 Å². The van der Waals surface area contributed by atoms with Crippen LogP contribution in [0.3, 0.4) is 0 Å². The average Bonchev–Trinajstić information content (AvgIpc) is 3.21. The van der Waals surface area contributed by atoms with Gasteiger partial charge in [-0.05, 0) is 83.2 Å². The van der Waals surface area contributed by atoms with Crippen LogP contribution in [0, 0.1) is 10.1 Å². The SMILES string of the molecule is CCN/N=C(C)\C=C\C=Nc1cc(C(N)=O)cc(OCCCS)c1NC/C=C/CNc1c(OC/C=C/CN=C/C(=C\N)NC(=O)OC(C)(C)C)cc(C(=O)NC)cc1[N+](=O)[O-]. The van der Waals surface area contributed by atoms with Crippen molar-refractivity contribution in [2.75, 3.05) is 62.8 Å². The van der Waals surface area contributed by atoms with Gasteiger partial charge in [0.15, 0.2) is 11.4 Å². The first kappa shape index (κ1) is 50.3. The summed E-state index contributed by atoms with van der Waals surface area (Å²) in [6.45, 7) is 10.5. The quantitative estimate of drug-likeness (QED) is 0.0156. The zero-order chi connectivity index (χ0) is 45.2. The zero-order valence-corrected chi connectivity index (χ0v) is 36.2. The minimum absolute atomic E-state index is 0.0230. The van der Waals surface area contributed by atoms with E-state index in [9.17, 15) is 24.5 Å². The van der Waals surface area contributed by atoms with Gasteiger partial charge in [0, 0.05) is 62.5 Å². The molecule has 9 N–H and O–H groups in total. The molecule has 19 nitrogen and oxygen atoms in total. The summed E-state index contributed by atoms with van der Waals surface area (Å²) >= 11 is 4.26. The predicted molar refractivity (Wildman–Crippen MR) is 245 cm³/mol. The van der Waals surface area contributed by atoms with Crippen LogP contribution in [0.25, 0.3) is 0 Å². The number of hydrazone groups is 1. The van der Waals surface area contributed by atoms with Crippen molar-refractivity contribution >= 4 is 71.4 Å². The van der Waals surface area contributed by atoms with E-state index in [0.717, 1.165) is 11.8 Å². The number of thiol groups is 1. The van der Waals surface area contributed by atoms with Gasteiger partial charge in [0.1, 0.15) is 23.6 Å². The van der Waals surface area contributed by atoms with Crippen molar-refractivity contribution in [1.29, 1.82) is 0 Å². The molecule has 0 aromatic heterocycles. The minimum atomic E-state index is -0.689. The van der Waals surface area contributed by atoms with Crippen LogP contribution in [0.1, 0.15) is 61.8 Å². The highest BCUT2D eigenvalue weighted by Crippen LogP contribution is 2.38. The molecule has 2 aromatic carbocycles. The molecule has 0 saturated carbocycles. The molecule has 0 heterocycles. The molecule has 0 bridgehead atoms. The number of nitrogens with two attached hydrogens (primary N) is 2. The standard InChI is InChI=1S/C41H57N11O8S/c1-7-49-51-28(2)14-12-18-46-32-22-29(38(43)53)24-34(59-20-13-21-61)36(32)47-16-8-9-17-48-37-33(52(56)57)23-30(39(54)44-6)25-35(37)58-19-11-10-15-45-27-31(26-42)50-40(55)60-41(3,4)5/h8-12,14,18,22-27,47-49,61H,7,13,15-17,19-21,42H2,1-6H3,(H2,43,53)(H,44,54)(H,50,55)/b9-8+,11-10+,14-12+,31-26+,45-27?,46-18?,51-28-. The maximum atomic E-state index is 12.5. The summed E-state index contributed by atoms with van der Waals surface area (Å²) in [6, 6.07) is 5.67. The van der Waals surface area contributed by atoms with Crippen LogP contribution in [-0.2, 0) is 4.74 Å². The summed E-state index contributed by atoms with van der Waals surface area (Å²) in [5, 5.41) is 27.7. The third kappa shape index (κ3) is 19.2. The van der Waals surface area contributed by atoms with Crippen LogP contribution in [0.4, 0.5) is 27.5 Å². The van der Waals surface area contributed by atoms with Gasteiger partial charge in [-0.2, -0.15) is 17.7 Å². The number of ether oxygens (including phenoxy) is 3. The third-order valence-electron chi connectivity index (χ3n) is 7.47. The molecule has 0 atom stereocenters. The number of nitro groups is 1. The van der Waals surface area contributed by atoms with E-state index < -0.39 is 28.4 Å². The minimum Gasteiger partial charge on any atom is -0.491 e. The molecule has 2 rings (SSSR count). The van der Waals surface area contributed by atoms with Crippen LogP contribution < -0.4 is 47.6 Å². The van der Waals surface area contributed by atoms with Crippen LogP contribution in [0.5, 0.6) is 11.5 Å². The second-order valence-corrected chi connectivity index (χ2v) is 14.0. The Hall–Kier alpha value is -6.83. The van der Waals surface area contributed by atoms with Gasteiger partial charge in [0.2, 0.25) is 5.91 Å². The summed E-state index contributed by atoms with van der Waals surface area (Å²) in [5.41, 5.74) is 15.2. The molecule has 0 fully saturated rings. The van der Waals surface area contributed by atoms with Crippen LogP contribution in [-0.4, -0.2) is 98.8 Å². The lowest BCUT2D eigenvalue weighted by atomic mass is 10.1. The van der Waals surface area contributed by atoms with Gasteiger partial charge >= 0.3 is 6.09 Å². The number of nitrogens with zero attached hydrogens (tertiary/aromatic N) is 4. The van der Waals surface area contributed by atoms with Crippen molar-refractivity contribution < 1.29 is 33.5 Å². The van der Waals surface area contributed by atoms with E-state index in [1.807, 2.05) is 13.8 Å². The lowest BCUT2D eigenvalue weighted by molar-refractivity contribution is -0.384. The van der Waals surface area contributed by atoms with E-state index in [0.29, 0.717) is 42.4 Å². The van der Waals surface area contributed by atoms with Crippen molar-refractivity contribution in [3.8, 4) is 11.5 Å². The Morgan fingerprint density at radius 1 is 0.984 bits per heavy atom. The van der Waals surface area contributed by atoms with Gasteiger partial charge in [-0.15, -0.1) is 0 Å². The normalized spacial score (nSPS) is 12.4. The van der Waals surface area contributed by atoms with Gasteiger partial charge in [-0.3, -0.25) is 35.0 Å². The zero-order valence-electron chi connectivity index (χ0n) is 35.3. The van der Waals surface area contributed by atoms with Gasteiger partial charge in [0.05, 0.1) is 35.2 Å². The number of allylic oxidation sites excluding steroid dienone is 3. The molecule has 0 aliphatic heterocycles. The van der Waals surface area contributed by atoms with Crippen molar-refractivity contribution in [2.45, 2.75) is 46.6 Å². The molecule has 0 unspecified atom stereocenters. The molecule has 0 spiro atoms. The molecule has 2 aromatic rings. The molecule has 0 radical (unpaired) electrons. The molecule has 330 valence electrons. The van der Waals surface area contributed by atoms with E-state index in [-0.39, 0.29) is 60.2 Å². The number of primary amides is 1. The first-order valence-electron chi connectivity index (χ1n) is 19.2. The van der Waals surface area contributed by atoms with Crippen molar-refractivity contribution in [2.24, 2.45) is 26.6 Å². The Labute approximate surface area is 361 Å². The number of hydrogen-bond acceptors (Lipinski definition) is 16. The summed E-state index contributed by atoms with van der Waals surface area (Å²) < 4.78 is 17.1. The average molecular weight is 864 g/mol. The van der Waals surface area contributed by atoms with Crippen molar-refractivity contribution in [1.82, 2.24) is 16.1 Å². The predicted octanol–water partition coefficient (Wildman–Crippen LogP) is 5.41. The number of alkyl carbamates (subject to hydrolysis) is 1. The number of hydrogen-bond donors (Lipinski definition) is 8. The monoisotopic (exact) mass is 863 g/mol. The summed E-state index contributed by atoms with van der Waals surface area (Å²) in [4.78, 5) is 57.1. The van der Waals surface area contributed by atoms with E-state index in [1.54, 1.807) is 75.6 Å². The molecule has 20 heteroatoms. The Bertz CT molecular complexity index is 2020. The topological polar surface area (TPSA) is 271 Å².